The molecule has 122 valence electrons. The van der Waals surface area contributed by atoms with Crippen molar-refractivity contribution in [2.75, 3.05) is 17.7 Å². The lowest BCUT2D eigenvalue weighted by Gasteiger charge is -2.12. The number of hydrogen-bond donors (Lipinski definition) is 3. The van der Waals surface area contributed by atoms with E-state index >= 15 is 0 Å². The number of nitrogens with one attached hydrogen (secondary N) is 3. The van der Waals surface area contributed by atoms with Crippen molar-refractivity contribution in [3.63, 3.8) is 0 Å². The van der Waals surface area contributed by atoms with E-state index in [2.05, 4.69) is 15.6 Å². The highest BCUT2D eigenvalue weighted by Gasteiger charge is 2.14. The minimum atomic E-state index is -0.412. The zero-order chi connectivity index (χ0) is 17.1. The number of aromatic nitrogens is 1. The molecule has 5 heteroatoms. The first-order valence-electron chi connectivity index (χ1n) is 7.86. The van der Waals surface area contributed by atoms with Gasteiger partial charge in [-0.2, -0.15) is 0 Å². The van der Waals surface area contributed by atoms with Crippen LogP contribution in [-0.2, 0) is 6.42 Å². The fourth-order valence-electron chi connectivity index (χ4n) is 2.68. The molecule has 0 atom stereocenters. The maximum atomic E-state index is 12.6. The third kappa shape index (κ3) is 2.88. The number of aryl methyl sites for hydroxylation is 1. The molecular weight excluding hydrogens is 302 g/mol. The lowest BCUT2D eigenvalue weighted by Crippen LogP contribution is -2.22. The molecule has 0 aliphatic carbocycles. The molecule has 0 fully saturated rings. The number of hydrogen-bond acceptors (Lipinski definition) is 3. The number of carbonyl (C=O) groups excluding carboxylic acids is 1. The predicted octanol–water partition coefficient (Wildman–Crippen LogP) is 3.38. The predicted molar refractivity (Wildman–Crippen MR) is 97.9 cm³/mol. The molecule has 3 rings (SSSR count). The molecule has 0 aliphatic heterocycles. The Morgan fingerprint density at radius 2 is 1.96 bits per heavy atom. The average molecular weight is 321 g/mol. The molecule has 1 aromatic heterocycles. The lowest BCUT2D eigenvalue weighted by molar-refractivity contribution is 0.102. The highest BCUT2D eigenvalue weighted by atomic mass is 16.2. The second-order valence-electron chi connectivity index (χ2n) is 5.51. The van der Waals surface area contributed by atoms with Gasteiger partial charge in [0.05, 0.1) is 0 Å². The summed E-state index contributed by atoms with van der Waals surface area (Å²) in [5, 5.41) is 6.41. The number of H-pyrrole nitrogens is 1. The Bertz CT molecular complexity index is 960. The van der Waals surface area contributed by atoms with Gasteiger partial charge >= 0.3 is 0 Å². The van der Waals surface area contributed by atoms with Crippen molar-refractivity contribution in [3.8, 4) is 0 Å². The van der Waals surface area contributed by atoms with Gasteiger partial charge in [0, 0.05) is 35.5 Å². The molecule has 0 saturated heterocycles. The molecule has 1 heterocycles. The molecular formula is C19H19N3O2. The van der Waals surface area contributed by atoms with E-state index in [9.17, 15) is 9.59 Å². The third-order valence-electron chi connectivity index (χ3n) is 4.06. The topological polar surface area (TPSA) is 74.0 Å². The van der Waals surface area contributed by atoms with Gasteiger partial charge in [-0.15, -0.1) is 0 Å². The first-order chi connectivity index (χ1) is 11.6. The van der Waals surface area contributed by atoms with Crippen LogP contribution in [0.15, 0.2) is 53.5 Å². The molecule has 0 spiro atoms. The first-order valence-corrected chi connectivity index (χ1v) is 7.86. The van der Waals surface area contributed by atoms with Gasteiger partial charge in [0.15, 0.2) is 0 Å². The van der Waals surface area contributed by atoms with Gasteiger partial charge in [-0.25, -0.2) is 0 Å². The smallest absolute Gasteiger partial charge is 0.261 e. The molecule has 3 N–H and O–H groups in total. The van der Waals surface area contributed by atoms with E-state index in [4.69, 9.17) is 0 Å². The molecule has 0 saturated carbocycles. The summed E-state index contributed by atoms with van der Waals surface area (Å²) < 4.78 is 0. The quantitative estimate of drug-likeness (QED) is 0.689. The lowest BCUT2D eigenvalue weighted by atomic mass is 10.1. The Balaban J connectivity index is 1.99. The number of carbonyl (C=O) groups is 1. The maximum absolute atomic E-state index is 12.6. The van der Waals surface area contributed by atoms with Crippen LogP contribution >= 0.6 is 0 Å². The molecule has 5 nitrogen and oxygen atoms in total. The molecule has 3 aromatic rings. The summed E-state index contributed by atoms with van der Waals surface area (Å²) in [7, 11) is 1.82. The van der Waals surface area contributed by atoms with E-state index in [0.717, 1.165) is 17.7 Å². The number of amides is 1. The Kier molecular flexibility index (Phi) is 4.33. The van der Waals surface area contributed by atoms with Gasteiger partial charge in [-0.3, -0.25) is 9.59 Å². The van der Waals surface area contributed by atoms with Crippen molar-refractivity contribution in [2.24, 2.45) is 0 Å². The minimum Gasteiger partial charge on any atom is -0.388 e. The van der Waals surface area contributed by atoms with E-state index in [1.807, 2.05) is 44.3 Å². The van der Waals surface area contributed by atoms with E-state index in [1.165, 1.54) is 6.20 Å². The number of pyridine rings is 1. The minimum absolute atomic E-state index is 0.102. The molecule has 0 aliphatic rings. The summed E-state index contributed by atoms with van der Waals surface area (Å²) in [5.41, 5.74) is 3.16. The average Bonchev–Trinajstić information content (AvgIpc) is 2.62. The fourth-order valence-corrected chi connectivity index (χ4v) is 2.68. The van der Waals surface area contributed by atoms with Crippen molar-refractivity contribution in [3.05, 3.63) is 70.0 Å². The van der Waals surface area contributed by atoms with Crippen molar-refractivity contribution < 1.29 is 4.79 Å². The van der Waals surface area contributed by atoms with Gasteiger partial charge in [-0.05, 0) is 36.2 Å². The second kappa shape index (κ2) is 6.58. The molecule has 0 radical (unpaired) electrons. The molecule has 24 heavy (non-hydrogen) atoms. The summed E-state index contributed by atoms with van der Waals surface area (Å²) in [6, 6.07) is 12.9. The first kappa shape index (κ1) is 15.8. The standard InChI is InChI=1S/C19H19N3O2/c1-3-12-8-9-13(20-2)10-17(12)22-19(24)15-11-21-16-7-5-4-6-14(16)18(15)23/h4-11,20H,3H2,1-2H3,(H,21,23)(H,22,24). The van der Waals surface area contributed by atoms with Gasteiger partial charge < -0.3 is 15.6 Å². The summed E-state index contributed by atoms with van der Waals surface area (Å²) in [6.45, 7) is 2.02. The maximum Gasteiger partial charge on any atom is 0.261 e. The molecule has 0 unspecified atom stereocenters. The Labute approximate surface area is 139 Å². The fraction of sp³-hybridized carbons (Fsp3) is 0.158. The Hall–Kier alpha value is -3.08. The summed E-state index contributed by atoms with van der Waals surface area (Å²) >= 11 is 0. The van der Waals surface area contributed by atoms with E-state index < -0.39 is 5.91 Å². The number of rotatable bonds is 4. The number of benzene rings is 2. The monoisotopic (exact) mass is 321 g/mol. The molecule has 1 amide bonds. The van der Waals surface area contributed by atoms with Crippen LogP contribution in [0, 0.1) is 0 Å². The van der Waals surface area contributed by atoms with Crippen LogP contribution in [0.1, 0.15) is 22.8 Å². The highest BCUT2D eigenvalue weighted by Crippen LogP contribution is 2.22. The third-order valence-corrected chi connectivity index (χ3v) is 4.06. The zero-order valence-electron chi connectivity index (χ0n) is 13.6. The van der Waals surface area contributed by atoms with Crippen molar-refractivity contribution in [1.82, 2.24) is 4.98 Å². The van der Waals surface area contributed by atoms with E-state index in [0.29, 0.717) is 16.6 Å². The van der Waals surface area contributed by atoms with Gasteiger partial charge in [0.25, 0.3) is 5.91 Å². The van der Waals surface area contributed by atoms with Crippen molar-refractivity contribution in [2.45, 2.75) is 13.3 Å². The summed E-state index contributed by atoms with van der Waals surface area (Å²) in [6.07, 6.45) is 2.25. The van der Waals surface area contributed by atoms with E-state index in [1.54, 1.807) is 12.1 Å². The van der Waals surface area contributed by atoms with Crippen LogP contribution in [0.4, 0.5) is 11.4 Å². The highest BCUT2D eigenvalue weighted by molar-refractivity contribution is 6.06. The van der Waals surface area contributed by atoms with Crippen molar-refractivity contribution >= 4 is 28.2 Å². The molecule has 2 aromatic carbocycles. The largest absolute Gasteiger partial charge is 0.388 e. The van der Waals surface area contributed by atoms with Crippen LogP contribution in [0.25, 0.3) is 10.9 Å². The number of aromatic amines is 1. The number of fused-ring (bicyclic) bond motifs is 1. The summed E-state index contributed by atoms with van der Waals surface area (Å²) in [4.78, 5) is 28.1. The normalized spacial score (nSPS) is 10.6. The van der Waals surface area contributed by atoms with Crippen LogP contribution < -0.4 is 16.1 Å². The van der Waals surface area contributed by atoms with Gasteiger partial charge in [0.2, 0.25) is 5.43 Å². The van der Waals surface area contributed by atoms with Gasteiger partial charge in [0.1, 0.15) is 5.56 Å². The van der Waals surface area contributed by atoms with Crippen LogP contribution in [0.3, 0.4) is 0 Å². The number of para-hydroxylation sites is 1. The SMILES string of the molecule is CCc1ccc(NC)cc1NC(=O)c1c[nH]c2ccccc2c1=O. The van der Waals surface area contributed by atoms with Crippen LogP contribution in [0.2, 0.25) is 0 Å². The van der Waals surface area contributed by atoms with Crippen LogP contribution in [-0.4, -0.2) is 17.9 Å². The Morgan fingerprint density at radius 1 is 1.17 bits per heavy atom. The van der Waals surface area contributed by atoms with Crippen LogP contribution in [0.5, 0.6) is 0 Å². The van der Waals surface area contributed by atoms with E-state index in [-0.39, 0.29) is 11.0 Å². The van der Waals surface area contributed by atoms with Gasteiger partial charge in [-0.1, -0.05) is 25.1 Å². The number of anilines is 2. The zero-order valence-corrected chi connectivity index (χ0v) is 13.6. The van der Waals surface area contributed by atoms with Crippen molar-refractivity contribution in [1.29, 1.82) is 0 Å². The summed E-state index contributed by atoms with van der Waals surface area (Å²) in [5.74, 6) is -0.412. The molecule has 0 bridgehead atoms. The second-order valence-corrected chi connectivity index (χ2v) is 5.51. The Morgan fingerprint density at radius 3 is 2.71 bits per heavy atom.